The fourth-order valence-electron chi connectivity index (χ4n) is 1.51. The van der Waals surface area contributed by atoms with Crippen LogP contribution in [-0.2, 0) is 9.53 Å². The first-order chi connectivity index (χ1) is 10.1. The summed E-state index contributed by atoms with van der Waals surface area (Å²) in [6.07, 6.45) is 0.467. The molecule has 1 atom stereocenters. The second-order valence-electron chi connectivity index (χ2n) is 4.22. The normalized spacial score (nSPS) is 11.5. The number of ether oxygens (including phenoxy) is 2. The number of primary amides is 1. The molecule has 1 unspecified atom stereocenters. The number of nitrogens with zero attached hydrogens (tertiary/aromatic N) is 1. The number of benzene rings is 1. The number of aromatic nitrogens is 1. The van der Waals surface area contributed by atoms with Crippen LogP contribution < -0.4 is 10.5 Å². The van der Waals surface area contributed by atoms with Crippen molar-refractivity contribution in [3.63, 3.8) is 0 Å². The lowest BCUT2D eigenvalue weighted by Crippen LogP contribution is -2.30. The summed E-state index contributed by atoms with van der Waals surface area (Å²) in [5.41, 5.74) is 5.18. The van der Waals surface area contributed by atoms with Crippen LogP contribution in [0.5, 0.6) is 11.6 Å². The van der Waals surface area contributed by atoms with Crippen LogP contribution in [0.1, 0.15) is 17.3 Å². The predicted octanol–water partition coefficient (Wildman–Crippen LogP) is 1.90. The number of carbonyl (C=O) groups is 2. The van der Waals surface area contributed by atoms with Crippen molar-refractivity contribution >= 4 is 11.9 Å². The van der Waals surface area contributed by atoms with Gasteiger partial charge in [-0.15, -0.1) is 0 Å². The summed E-state index contributed by atoms with van der Waals surface area (Å²) < 4.78 is 10.5. The zero-order valence-electron chi connectivity index (χ0n) is 11.4. The highest BCUT2D eigenvalue weighted by Crippen LogP contribution is 2.23. The average molecular weight is 286 g/mol. The molecule has 6 nitrogen and oxygen atoms in total. The number of amides is 1. The van der Waals surface area contributed by atoms with Crippen LogP contribution in [-0.4, -0.2) is 23.0 Å². The molecule has 0 aliphatic heterocycles. The van der Waals surface area contributed by atoms with E-state index in [1.807, 2.05) is 6.07 Å². The molecule has 2 N–H and O–H groups in total. The van der Waals surface area contributed by atoms with Gasteiger partial charge in [0.25, 0.3) is 5.91 Å². The molecule has 1 heterocycles. The van der Waals surface area contributed by atoms with Crippen LogP contribution in [0.25, 0.3) is 0 Å². The van der Waals surface area contributed by atoms with Crippen molar-refractivity contribution in [3.8, 4) is 11.6 Å². The predicted molar refractivity (Wildman–Crippen MR) is 74.8 cm³/mol. The summed E-state index contributed by atoms with van der Waals surface area (Å²) in [4.78, 5) is 27.0. The van der Waals surface area contributed by atoms with Gasteiger partial charge in [0.05, 0.1) is 0 Å². The Morgan fingerprint density at radius 3 is 2.52 bits per heavy atom. The summed E-state index contributed by atoms with van der Waals surface area (Å²) in [5.74, 6) is -0.809. The Morgan fingerprint density at radius 1 is 1.14 bits per heavy atom. The SMILES string of the molecule is CC(OC(=O)c1cccnc1Oc1ccccc1)C(N)=O. The summed E-state index contributed by atoms with van der Waals surface area (Å²) in [7, 11) is 0. The fourth-order valence-corrected chi connectivity index (χ4v) is 1.51. The fraction of sp³-hybridized carbons (Fsp3) is 0.133. The minimum Gasteiger partial charge on any atom is -0.449 e. The first kappa shape index (κ1) is 14.5. The van der Waals surface area contributed by atoms with Crippen LogP contribution in [0.4, 0.5) is 0 Å². The zero-order chi connectivity index (χ0) is 15.2. The molecule has 2 aromatic rings. The Bertz CT molecular complexity index is 643. The smallest absolute Gasteiger partial charge is 0.344 e. The molecule has 0 spiro atoms. The van der Waals surface area contributed by atoms with Crippen LogP contribution in [0.15, 0.2) is 48.7 Å². The quantitative estimate of drug-likeness (QED) is 0.848. The standard InChI is InChI=1S/C15H14N2O4/c1-10(13(16)18)20-15(19)12-8-5-9-17-14(12)21-11-6-3-2-4-7-11/h2-10H,1H3,(H2,16,18). The van der Waals surface area contributed by atoms with E-state index in [1.54, 1.807) is 30.3 Å². The summed E-state index contributed by atoms with van der Waals surface area (Å²) in [6, 6.07) is 12.0. The van der Waals surface area contributed by atoms with Gasteiger partial charge in [-0.25, -0.2) is 9.78 Å². The topological polar surface area (TPSA) is 91.5 Å². The van der Waals surface area contributed by atoms with E-state index in [1.165, 1.54) is 19.2 Å². The molecule has 0 saturated carbocycles. The number of nitrogens with two attached hydrogens (primary N) is 1. The summed E-state index contributed by atoms with van der Waals surface area (Å²) >= 11 is 0. The second kappa shape index (κ2) is 6.51. The Balaban J connectivity index is 2.20. The lowest BCUT2D eigenvalue weighted by atomic mass is 10.2. The largest absolute Gasteiger partial charge is 0.449 e. The third kappa shape index (κ3) is 3.79. The van der Waals surface area contributed by atoms with Crippen LogP contribution >= 0.6 is 0 Å². The maximum absolute atomic E-state index is 12.0. The highest BCUT2D eigenvalue weighted by atomic mass is 16.5. The average Bonchev–Trinajstić information content (AvgIpc) is 2.48. The number of para-hydroxylation sites is 1. The van der Waals surface area contributed by atoms with E-state index in [4.69, 9.17) is 15.2 Å². The first-order valence-corrected chi connectivity index (χ1v) is 6.26. The third-order valence-corrected chi connectivity index (χ3v) is 2.63. The summed E-state index contributed by atoms with van der Waals surface area (Å²) in [5, 5.41) is 0. The summed E-state index contributed by atoms with van der Waals surface area (Å²) in [6.45, 7) is 1.40. The highest BCUT2D eigenvalue weighted by molar-refractivity contribution is 5.93. The number of carbonyl (C=O) groups excluding carboxylic acids is 2. The molecule has 2 rings (SSSR count). The molecule has 6 heteroatoms. The maximum atomic E-state index is 12.0. The molecule has 1 aromatic carbocycles. The lowest BCUT2D eigenvalue weighted by molar-refractivity contribution is -0.125. The Kier molecular flexibility index (Phi) is 4.50. The molecular formula is C15H14N2O4. The van der Waals surface area contributed by atoms with Crippen molar-refractivity contribution in [1.29, 1.82) is 0 Å². The van der Waals surface area contributed by atoms with Gasteiger partial charge in [-0.2, -0.15) is 0 Å². The highest BCUT2D eigenvalue weighted by Gasteiger charge is 2.20. The van der Waals surface area contributed by atoms with Crippen LogP contribution in [0.3, 0.4) is 0 Å². The molecule has 1 aromatic heterocycles. The lowest BCUT2D eigenvalue weighted by Gasteiger charge is -2.12. The van der Waals surface area contributed by atoms with E-state index in [2.05, 4.69) is 4.98 Å². The Labute approximate surface area is 121 Å². The van der Waals surface area contributed by atoms with Gasteiger partial charge < -0.3 is 15.2 Å². The molecule has 0 aliphatic carbocycles. The Morgan fingerprint density at radius 2 is 1.86 bits per heavy atom. The third-order valence-electron chi connectivity index (χ3n) is 2.63. The van der Waals surface area contributed by atoms with Crippen LogP contribution in [0.2, 0.25) is 0 Å². The molecule has 21 heavy (non-hydrogen) atoms. The minimum atomic E-state index is -1.03. The van der Waals surface area contributed by atoms with Gasteiger partial charge in [-0.1, -0.05) is 18.2 Å². The van der Waals surface area contributed by atoms with Crippen molar-refractivity contribution in [1.82, 2.24) is 4.98 Å². The molecular weight excluding hydrogens is 272 g/mol. The first-order valence-electron chi connectivity index (χ1n) is 6.26. The van der Waals surface area contributed by atoms with E-state index < -0.39 is 18.0 Å². The van der Waals surface area contributed by atoms with Gasteiger partial charge >= 0.3 is 5.97 Å². The molecule has 1 amide bonds. The van der Waals surface area contributed by atoms with Gasteiger partial charge in [0, 0.05) is 6.20 Å². The number of pyridine rings is 1. The molecule has 108 valence electrons. The van der Waals surface area contributed by atoms with Crippen molar-refractivity contribution in [3.05, 3.63) is 54.2 Å². The minimum absolute atomic E-state index is 0.102. The van der Waals surface area contributed by atoms with E-state index in [-0.39, 0.29) is 11.4 Å². The molecule has 0 fully saturated rings. The Hall–Kier alpha value is -2.89. The van der Waals surface area contributed by atoms with Crippen molar-refractivity contribution in [2.75, 3.05) is 0 Å². The van der Waals surface area contributed by atoms with Crippen molar-refractivity contribution in [2.24, 2.45) is 5.73 Å². The van der Waals surface area contributed by atoms with E-state index in [9.17, 15) is 9.59 Å². The molecule has 0 aliphatic rings. The van der Waals surface area contributed by atoms with Crippen molar-refractivity contribution in [2.45, 2.75) is 13.0 Å². The maximum Gasteiger partial charge on any atom is 0.344 e. The van der Waals surface area contributed by atoms with Gasteiger partial charge in [-0.05, 0) is 31.2 Å². The molecule has 0 saturated heterocycles. The van der Waals surface area contributed by atoms with Crippen molar-refractivity contribution < 1.29 is 19.1 Å². The second-order valence-corrected chi connectivity index (χ2v) is 4.22. The molecule has 0 bridgehead atoms. The van der Waals surface area contributed by atoms with E-state index in [0.29, 0.717) is 5.75 Å². The number of hydrogen-bond acceptors (Lipinski definition) is 5. The zero-order valence-corrected chi connectivity index (χ0v) is 11.4. The monoisotopic (exact) mass is 286 g/mol. The van der Waals surface area contributed by atoms with E-state index >= 15 is 0 Å². The number of esters is 1. The number of hydrogen-bond donors (Lipinski definition) is 1. The van der Waals surface area contributed by atoms with Gasteiger partial charge in [0.15, 0.2) is 6.10 Å². The van der Waals surface area contributed by atoms with Gasteiger partial charge in [0.1, 0.15) is 11.3 Å². The number of rotatable bonds is 5. The van der Waals surface area contributed by atoms with Gasteiger partial charge in [0.2, 0.25) is 5.88 Å². The van der Waals surface area contributed by atoms with Gasteiger partial charge in [-0.3, -0.25) is 4.79 Å². The molecule has 0 radical (unpaired) electrons. The van der Waals surface area contributed by atoms with Crippen LogP contribution in [0, 0.1) is 0 Å². The van der Waals surface area contributed by atoms with E-state index in [0.717, 1.165) is 0 Å².